The minimum Gasteiger partial charge on any atom is -0.369 e. The van der Waals surface area contributed by atoms with E-state index in [4.69, 9.17) is 5.73 Å². The summed E-state index contributed by atoms with van der Waals surface area (Å²) in [6.45, 7) is 9.76. The average molecular weight is 220 g/mol. The molecule has 0 heterocycles. The normalized spacial score (nSPS) is 14.6. The summed E-state index contributed by atoms with van der Waals surface area (Å²) in [7, 11) is 0. The molecule has 2 nitrogen and oxygen atoms in total. The van der Waals surface area contributed by atoms with Crippen LogP contribution >= 0.6 is 0 Å². The van der Waals surface area contributed by atoms with Crippen LogP contribution in [0.3, 0.4) is 0 Å². The van der Waals surface area contributed by atoms with Crippen LogP contribution in [0.2, 0.25) is 0 Å². The Kier molecular flexibility index (Phi) is 4.81. The van der Waals surface area contributed by atoms with Gasteiger partial charge < -0.3 is 10.6 Å². The maximum Gasteiger partial charge on any atom is 0.0368 e. The fraction of sp³-hybridized carbons (Fsp3) is 0.571. The third-order valence-corrected chi connectivity index (χ3v) is 3.21. The van der Waals surface area contributed by atoms with Gasteiger partial charge in [0, 0.05) is 24.3 Å². The highest BCUT2D eigenvalue weighted by Crippen LogP contribution is 2.20. The lowest BCUT2D eigenvalue weighted by Crippen LogP contribution is -2.32. The Bertz CT molecular complexity index is 303. The minimum absolute atomic E-state index is 0.118. The number of nitrogens with two attached hydrogens (primary N) is 1. The summed E-state index contributed by atoms with van der Waals surface area (Å²) in [5.74, 6) is 0. The highest BCUT2D eigenvalue weighted by atomic mass is 15.1. The van der Waals surface area contributed by atoms with E-state index in [0.717, 1.165) is 6.54 Å². The van der Waals surface area contributed by atoms with Gasteiger partial charge in [0.1, 0.15) is 0 Å². The third-order valence-electron chi connectivity index (χ3n) is 3.21. The maximum absolute atomic E-state index is 5.84. The minimum atomic E-state index is 0.118. The average Bonchev–Trinajstić information content (AvgIpc) is 2.30. The van der Waals surface area contributed by atoms with Gasteiger partial charge in [0.15, 0.2) is 0 Å². The molecule has 1 rings (SSSR count). The molecular weight excluding hydrogens is 196 g/mol. The molecule has 2 N–H and O–H groups in total. The molecule has 90 valence electrons. The van der Waals surface area contributed by atoms with E-state index in [1.807, 2.05) is 6.92 Å². The molecular formula is C14H24N2. The lowest BCUT2D eigenvalue weighted by atomic mass is 10.1. The maximum atomic E-state index is 5.84. The van der Waals surface area contributed by atoms with Gasteiger partial charge in [-0.05, 0) is 44.9 Å². The number of rotatable bonds is 5. The van der Waals surface area contributed by atoms with Crippen molar-refractivity contribution in [2.24, 2.45) is 5.73 Å². The zero-order valence-electron chi connectivity index (χ0n) is 10.9. The van der Waals surface area contributed by atoms with Crippen molar-refractivity contribution >= 4 is 5.69 Å². The Morgan fingerprint density at radius 3 is 2.06 bits per heavy atom. The molecule has 0 radical (unpaired) electrons. The summed E-state index contributed by atoms with van der Waals surface area (Å²) in [5.41, 5.74) is 8.34. The summed E-state index contributed by atoms with van der Waals surface area (Å²) in [6.07, 6.45) is 1.17. The molecule has 0 aliphatic heterocycles. The van der Waals surface area contributed by atoms with E-state index >= 15 is 0 Å². The third kappa shape index (κ3) is 2.99. The van der Waals surface area contributed by atoms with Crippen LogP contribution in [-0.4, -0.2) is 12.6 Å². The molecule has 0 bridgehead atoms. The topological polar surface area (TPSA) is 29.3 Å². The first-order chi connectivity index (χ1) is 7.60. The van der Waals surface area contributed by atoms with Crippen molar-refractivity contribution in [3.05, 3.63) is 29.8 Å². The summed E-state index contributed by atoms with van der Waals surface area (Å²) < 4.78 is 0. The zero-order valence-corrected chi connectivity index (χ0v) is 10.9. The molecule has 1 unspecified atom stereocenters. The second kappa shape index (κ2) is 5.90. The van der Waals surface area contributed by atoms with E-state index in [2.05, 4.69) is 49.9 Å². The SMILES string of the molecule is CCC(C)N(CC)c1ccc([C@@H](C)N)cc1. The van der Waals surface area contributed by atoms with Gasteiger partial charge in [-0.15, -0.1) is 0 Å². The van der Waals surface area contributed by atoms with E-state index < -0.39 is 0 Å². The first kappa shape index (κ1) is 13.0. The Balaban J connectivity index is 2.86. The molecule has 0 fully saturated rings. The quantitative estimate of drug-likeness (QED) is 0.824. The monoisotopic (exact) mass is 220 g/mol. The lowest BCUT2D eigenvalue weighted by molar-refractivity contribution is 0.630. The van der Waals surface area contributed by atoms with Gasteiger partial charge in [-0.2, -0.15) is 0 Å². The van der Waals surface area contributed by atoms with Gasteiger partial charge in [-0.1, -0.05) is 19.1 Å². The Morgan fingerprint density at radius 1 is 1.12 bits per heavy atom. The number of anilines is 1. The molecule has 0 aliphatic rings. The Morgan fingerprint density at radius 2 is 1.69 bits per heavy atom. The summed E-state index contributed by atoms with van der Waals surface area (Å²) in [6, 6.07) is 9.32. The smallest absolute Gasteiger partial charge is 0.0368 e. The largest absolute Gasteiger partial charge is 0.369 e. The molecule has 16 heavy (non-hydrogen) atoms. The second-order valence-electron chi connectivity index (χ2n) is 4.42. The first-order valence-corrected chi connectivity index (χ1v) is 6.22. The summed E-state index contributed by atoms with van der Waals surface area (Å²) in [4.78, 5) is 2.42. The van der Waals surface area contributed by atoms with Crippen LogP contribution in [0.4, 0.5) is 5.69 Å². The van der Waals surface area contributed by atoms with Crippen LogP contribution in [0.25, 0.3) is 0 Å². The number of hydrogen-bond acceptors (Lipinski definition) is 2. The van der Waals surface area contributed by atoms with Gasteiger partial charge in [-0.25, -0.2) is 0 Å². The van der Waals surface area contributed by atoms with Crippen molar-refractivity contribution in [3.8, 4) is 0 Å². The van der Waals surface area contributed by atoms with Crippen LogP contribution in [-0.2, 0) is 0 Å². The fourth-order valence-electron chi connectivity index (χ4n) is 1.94. The van der Waals surface area contributed by atoms with Crippen molar-refractivity contribution in [1.29, 1.82) is 0 Å². The van der Waals surface area contributed by atoms with E-state index in [0.29, 0.717) is 6.04 Å². The first-order valence-electron chi connectivity index (χ1n) is 6.22. The van der Waals surface area contributed by atoms with Gasteiger partial charge >= 0.3 is 0 Å². The molecule has 0 spiro atoms. The van der Waals surface area contributed by atoms with E-state index in [1.165, 1.54) is 17.7 Å². The van der Waals surface area contributed by atoms with Crippen molar-refractivity contribution < 1.29 is 0 Å². The zero-order chi connectivity index (χ0) is 12.1. The van der Waals surface area contributed by atoms with Crippen molar-refractivity contribution in [2.45, 2.75) is 46.2 Å². The highest BCUT2D eigenvalue weighted by molar-refractivity contribution is 5.48. The van der Waals surface area contributed by atoms with Crippen LogP contribution in [0.1, 0.15) is 45.7 Å². The summed E-state index contributed by atoms with van der Waals surface area (Å²) >= 11 is 0. The molecule has 0 aromatic heterocycles. The lowest BCUT2D eigenvalue weighted by Gasteiger charge is -2.29. The van der Waals surface area contributed by atoms with Crippen molar-refractivity contribution in [3.63, 3.8) is 0 Å². The molecule has 0 aliphatic carbocycles. The number of benzene rings is 1. The molecule has 1 aromatic carbocycles. The van der Waals surface area contributed by atoms with E-state index in [1.54, 1.807) is 0 Å². The van der Waals surface area contributed by atoms with Crippen LogP contribution in [0, 0.1) is 0 Å². The van der Waals surface area contributed by atoms with Crippen LogP contribution in [0.5, 0.6) is 0 Å². The fourth-order valence-corrected chi connectivity index (χ4v) is 1.94. The Hall–Kier alpha value is -1.02. The predicted octanol–water partition coefficient (Wildman–Crippen LogP) is 3.33. The number of nitrogens with zero attached hydrogens (tertiary/aromatic N) is 1. The number of hydrogen-bond donors (Lipinski definition) is 1. The molecule has 1 aromatic rings. The van der Waals surface area contributed by atoms with Gasteiger partial charge in [0.25, 0.3) is 0 Å². The van der Waals surface area contributed by atoms with Gasteiger partial charge in [-0.3, -0.25) is 0 Å². The summed E-state index contributed by atoms with van der Waals surface area (Å²) in [5, 5.41) is 0. The predicted molar refractivity (Wildman–Crippen MR) is 71.8 cm³/mol. The van der Waals surface area contributed by atoms with Crippen molar-refractivity contribution in [1.82, 2.24) is 0 Å². The molecule has 0 saturated carbocycles. The van der Waals surface area contributed by atoms with Crippen LogP contribution in [0.15, 0.2) is 24.3 Å². The van der Waals surface area contributed by atoms with Crippen molar-refractivity contribution in [2.75, 3.05) is 11.4 Å². The standard InChI is InChI=1S/C14H24N2/c1-5-11(3)16(6-2)14-9-7-13(8-10-14)12(4)15/h7-12H,5-6,15H2,1-4H3/t11?,12-/m1/s1. The molecule has 0 saturated heterocycles. The van der Waals surface area contributed by atoms with E-state index in [-0.39, 0.29) is 6.04 Å². The van der Waals surface area contributed by atoms with Gasteiger partial charge in [0.05, 0.1) is 0 Å². The molecule has 0 amide bonds. The van der Waals surface area contributed by atoms with Gasteiger partial charge in [0.2, 0.25) is 0 Å². The second-order valence-corrected chi connectivity index (χ2v) is 4.42. The molecule has 2 heteroatoms. The molecule has 2 atom stereocenters. The highest BCUT2D eigenvalue weighted by Gasteiger charge is 2.10. The van der Waals surface area contributed by atoms with Crippen LogP contribution < -0.4 is 10.6 Å². The van der Waals surface area contributed by atoms with E-state index in [9.17, 15) is 0 Å². The Labute approximate surface area is 99.5 Å².